The van der Waals surface area contributed by atoms with Crippen molar-refractivity contribution in [1.82, 2.24) is 15.5 Å². The summed E-state index contributed by atoms with van der Waals surface area (Å²) in [5.74, 6) is 1.03. The summed E-state index contributed by atoms with van der Waals surface area (Å²) in [4.78, 5) is 2.39. The summed E-state index contributed by atoms with van der Waals surface area (Å²) in [7, 11) is 0. The topological polar surface area (TPSA) is 41.0 Å². The molecule has 0 atom stereocenters. The van der Waals surface area contributed by atoms with E-state index in [-0.39, 0.29) is 0 Å². The quantitative estimate of drug-likeness (QED) is 0.867. The largest absolute Gasteiger partial charge is 0.355 e. The van der Waals surface area contributed by atoms with Crippen LogP contribution in [0.15, 0.2) is 12.1 Å². The van der Waals surface area contributed by atoms with Crippen molar-refractivity contribution in [2.75, 3.05) is 18.0 Å². The SMILES string of the molecule is CCC1(CC)CCN(c2ccc(CNC(C)C)nn2)C1. The number of aromatic nitrogens is 2. The summed E-state index contributed by atoms with van der Waals surface area (Å²) in [5.41, 5.74) is 1.50. The van der Waals surface area contributed by atoms with Gasteiger partial charge in [0.1, 0.15) is 0 Å². The summed E-state index contributed by atoms with van der Waals surface area (Å²) in [6.45, 7) is 11.9. The number of hydrogen-bond donors (Lipinski definition) is 1. The molecule has 2 rings (SSSR count). The molecule has 2 heterocycles. The van der Waals surface area contributed by atoms with Gasteiger partial charge in [0.15, 0.2) is 5.82 Å². The van der Waals surface area contributed by atoms with Gasteiger partial charge in [-0.15, -0.1) is 5.10 Å². The number of anilines is 1. The van der Waals surface area contributed by atoms with Crippen LogP contribution in [-0.2, 0) is 6.54 Å². The Labute approximate surface area is 123 Å². The highest BCUT2D eigenvalue weighted by molar-refractivity contribution is 5.39. The van der Waals surface area contributed by atoms with E-state index in [1.54, 1.807) is 0 Å². The summed E-state index contributed by atoms with van der Waals surface area (Å²) in [6, 6.07) is 4.69. The average Bonchev–Trinajstić information content (AvgIpc) is 2.91. The molecule has 1 fully saturated rings. The normalized spacial score (nSPS) is 17.9. The predicted molar refractivity (Wildman–Crippen MR) is 83.9 cm³/mol. The third kappa shape index (κ3) is 3.48. The van der Waals surface area contributed by atoms with Crippen molar-refractivity contribution in [1.29, 1.82) is 0 Å². The minimum absolute atomic E-state index is 0.477. The van der Waals surface area contributed by atoms with Crippen LogP contribution in [0.25, 0.3) is 0 Å². The molecule has 0 amide bonds. The Balaban J connectivity index is 1.97. The van der Waals surface area contributed by atoms with E-state index in [2.05, 4.69) is 60.2 Å². The van der Waals surface area contributed by atoms with Gasteiger partial charge in [-0.3, -0.25) is 0 Å². The van der Waals surface area contributed by atoms with Gasteiger partial charge in [-0.05, 0) is 36.8 Å². The number of hydrogen-bond acceptors (Lipinski definition) is 4. The smallest absolute Gasteiger partial charge is 0.151 e. The molecular formula is C16H28N4. The maximum absolute atomic E-state index is 4.41. The number of nitrogens with zero attached hydrogens (tertiary/aromatic N) is 3. The van der Waals surface area contributed by atoms with E-state index in [9.17, 15) is 0 Å². The van der Waals surface area contributed by atoms with E-state index in [1.165, 1.54) is 19.3 Å². The highest BCUT2D eigenvalue weighted by Gasteiger charge is 2.35. The Hall–Kier alpha value is -1.16. The summed E-state index contributed by atoms with van der Waals surface area (Å²) >= 11 is 0. The second-order valence-electron chi connectivity index (χ2n) is 6.30. The Morgan fingerprint density at radius 1 is 1.25 bits per heavy atom. The van der Waals surface area contributed by atoms with Crippen LogP contribution in [0.1, 0.15) is 52.7 Å². The Morgan fingerprint density at radius 2 is 2.00 bits per heavy atom. The van der Waals surface area contributed by atoms with Crippen LogP contribution in [0.4, 0.5) is 5.82 Å². The average molecular weight is 276 g/mol. The van der Waals surface area contributed by atoms with Crippen LogP contribution in [0.3, 0.4) is 0 Å². The molecule has 0 bridgehead atoms. The molecule has 0 aromatic carbocycles. The van der Waals surface area contributed by atoms with E-state index in [1.807, 2.05) is 0 Å². The molecule has 1 N–H and O–H groups in total. The number of nitrogens with one attached hydrogen (secondary N) is 1. The summed E-state index contributed by atoms with van der Waals surface area (Å²) in [6.07, 6.45) is 3.78. The van der Waals surface area contributed by atoms with Gasteiger partial charge in [0.05, 0.1) is 5.69 Å². The van der Waals surface area contributed by atoms with Gasteiger partial charge >= 0.3 is 0 Å². The van der Waals surface area contributed by atoms with E-state index in [0.29, 0.717) is 11.5 Å². The highest BCUT2D eigenvalue weighted by atomic mass is 15.3. The third-order valence-corrected chi connectivity index (χ3v) is 4.66. The standard InChI is InChI=1S/C16H28N4/c1-5-16(6-2)9-10-20(12-16)15-8-7-14(18-19-15)11-17-13(3)4/h7-8,13,17H,5-6,9-12H2,1-4H3. The van der Waals surface area contributed by atoms with Gasteiger partial charge in [0.2, 0.25) is 0 Å². The van der Waals surface area contributed by atoms with Gasteiger partial charge < -0.3 is 10.2 Å². The summed E-state index contributed by atoms with van der Waals surface area (Å²) in [5, 5.41) is 12.1. The molecule has 0 aliphatic carbocycles. The zero-order chi connectivity index (χ0) is 14.6. The predicted octanol–water partition coefficient (Wildman–Crippen LogP) is 2.99. The molecule has 4 heteroatoms. The first-order chi connectivity index (χ1) is 9.58. The lowest BCUT2D eigenvalue weighted by molar-refractivity contribution is 0.301. The fourth-order valence-electron chi connectivity index (χ4n) is 2.88. The molecule has 1 aliphatic rings. The Morgan fingerprint density at radius 3 is 2.50 bits per heavy atom. The van der Waals surface area contributed by atoms with Crippen molar-refractivity contribution < 1.29 is 0 Å². The minimum Gasteiger partial charge on any atom is -0.355 e. The van der Waals surface area contributed by atoms with Crippen molar-refractivity contribution in [3.63, 3.8) is 0 Å². The Bertz CT molecular complexity index is 409. The molecule has 1 aliphatic heterocycles. The summed E-state index contributed by atoms with van der Waals surface area (Å²) < 4.78 is 0. The highest BCUT2D eigenvalue weighted by Crippen LogP contribution is 2.38. The lowest BCUT2D eigenvalue weighted by Crippen LogP contribution is -2.27. The van der Waals surface area contributed by atoms with Crippen LogP contribution in [0.5, 0.6) is 0 Å². The molecule has 4 nitrogen and oxygen atoms in total. The van der Waals surface area contributed by atoms with Crippen LogP contribution in [0, 0.1) is 5.41 Å². The third-order valence-electron chi connectivity index (χ3n) is 4.66. The van der Waals surface area contributed by atoms with Crippen LogP contribution >= 0.6 is 0 Å². The molecular weight excluding hydrogens is 248 g/mol. The second kappa shape index (κ2) is 6.53. The first-order valence-corrected chi connectivity index (χ1v) is 7.89. The lowest BCUT2D eigenvalue weighted by Gasteiger charge is -2.26. The fourth-order valence-corrected chi connectivity index (χ4v) is 2.88. The molecule has 0 radical (unpaired) electrons. The maximum atomic E-state index is 4.41. The van der Waals surface area contributed by atoms with Crippen molar-refractivity contribution in [2.45, 2.75) is 59.5 Å². The molecule has 0 spiro atoms. The Kier molecular flexibility index (Phi) is 4.97. The molecule has 20 heavy (non-hydrogen) atoms. The molecule has 1 saturated heterocycles. The van der Waals surface area contributed by atoms with E-state index >= 15 is 0 Å². The van der Waals surface area contributed by atoms with Crippen LogP contribution in [0.2, 0.25) is 0 Å². The maximum Gasteiger partial charge on any atom is 0.151 e. The zero-order valence-electron chi connectivity index (χ0n) is 13.3. The van der Waals surface area contributed by atoms with E-state index < -0.39 is 0 Å². The first-order valence-electron chi connectivity index (χ1n) is 7.89. The minimum atomic E-state index is 0.477. The van der Waals surface area contributed by atoms with Gasteiger partial charge in [0.25, 0.3) is 0 Å². The second-order valence-corrected chi connectivity index (χ2v) is 6.30. The van der Waals surface area contributed by atoms with Gasteiger partial charge in [-0.25, -0.2) is 0 Å². The van der Waals surface area contributed by atoms with E-state index in [4.69, 9.17) is 0 Å². The van der Waals surface area contributed by atoms with Crippen molar-refractivity contribution in [2.24, 2.45) is 5.41 Å². The fraction of sp³-hybridized carbons (Fsp3) is 0.750. The van der Waals surface area contributed by atoms with Gasteiger partial charge in [0, 0.05) is 25.7 Å². The monoisotopic (exact) mass is 276 g/mol. The molecule has 112 valence electrons. The molecule has 0 unspecified atom stereocenters. The molecule has 1 aromatic rings. The first kappa shape index (κ1) is 15.2. The van der Waals surface area contributed by atoms with E-state index in [0.717, 1.165) is 31.1 Å². The van der Waals surface area contributed by atoms with Crippen molar-refractivity contribution >= 4 is 5.82 Å². The molecule has 1 aromatic heterocycles. The van der Waals surface area contributed by atoms with Crippen molar-refractivity contribution in [3.05, 3.63) is 17.8 Å². The number of rotatable bonds is 6. The lowest BCUT2D eigenvalue weighted by atomic mass is 9.82. The van der Waals surface area contributed by atoms with Crippen LogP contribution in [-0.4, -0.2) is 29.3 Å². The van der Waals surface area contributed by atoms with Gasteiger partial charge in [-0.2, -0.15) is 5.10 Å². The van der Waals surface area contributed by atoms with Crippen molar-refractivity contribution in [3.8, 4) is 0 Å². The zero-order valence-corrected chi connectivity index (χ0v) is 13.3. The van der Waals surface area contributed by atoms with Crippen LogP contribution < -0.4 is 10.2 Å². The molecule has 0 saturated carbocycles. The van der Waals surface area contributed by atoms with Gasteiger partial charge in [-0.1, -0.05) is 27.7 Å².